The minimum absolute atomic E-state index is 0.144. The van der Waals surface area contributed by atoms with Crippen molar-refractivity contribution in [2.75, 3.05) is 7.11 Å². The highest BCUT2D eigenvalue weighted by Gasteiger charge is 1.92. The number of carbonyl (C=O) groups is 1. The van der Waals surface area contributed by atoms with Crippen LogP contribution in [-0.2, 0) is 9.53 Å². The van der Waals surface area contributed by atoms with E-state index < -0.39 is 0 Å². The molecule has 0 unspecified atom stereocenters. The fraction of sp³-hybridized carbons (Fsp3) is 0.182. The molecular formula is C11H10O2. The molecule has 0 saturated heterocycles. The summed E-state index contributed by atoms with van der Waals surface area (Å²) >= 11 is 0. The van der Waals surface area contributed by atoms with Crippen LogP contribution in [0.1, 0.15) is 12.0 Å². The van der Waals surface area contributed by atoms with E-state index in [2.05, 4.69) is 16.6 Å². The summed E-state index contributed by atoms with van der Waals surface area (Å²) in [5, 5.41) is 0. The molecule has 0 spiro atoms. The molecule has 0 aliphatic carbocycles. The van der Waals surface area contributed by atoms with E-state index in [1.165, 1.54) is 7.11 Å². The van der Waals surface area contributed by atoms with Crippen LogP contribution >= 0.6 is 0 Å². The van der Waals surface area contributed by atoms with E-state index >= 15 is 0 Å². The van der Waals surface area contributed by atoms with Crippen molar-refractivity contribution in [1.29, 1.82) is 0 Å². The van der Waals surface area contributed by atoms with Crippen LogP contribution in [0.15, 0.2) is 30.3 Å². The van der Waals surface area contributed by atoms with E-state index in [1.54, 1.807) is 0 Å². The number of benzene rings is 1. The molecule has 0 heterocycles. The lowest BCUT2D eigenvalue weighted by molar-refractivity contribution is -0.139. The van der Waals surface area contributed by atoms with Crippen molar-refractivity contribution in [2.45, 2.75) is 6.42 Å². The van der Waals surface area contributed by atoms with Crippen LogP contribution in [0.4, 0.5) is 0 Å². The Labute approximate surface area is 77.5 Å². The molecule has 0 amide bonds. The van der Waals surface area contributed by atoms with Crippen LogP contribution in [0, 0.1) is 11.8 Å². The summed E-state index contributed by atoms with van der Waals surface area (Å²) < 4.78 is 4.45. The number of esters is 1. The normalized spacial score (nSPS) is 8.38. The molecule has 0 aliphatic rings. The summed E-state index contributed by atoms with van der Waals surface area (Å²) in [5.41, 5.74) is 0.909. The van der Waals surface area contributed by atoms with Gasteiger partial charge in [-0.3, -0.25) is 4.79 Å². The van der Waals surface area contributed by atoms with Crippen molar-refractivity contribution < 1.29 is 9.53 Å². The summed E-state index contributed by atoms with van der Waals surface area (Å²) in [4.78, 5) is 10.7. The molecule has 1 aromatic carbocycles. The average Bonchev–Trinajstić information content (AvgIpc) is 2.19. The van der Waals surface area contributed by atoms with Crippen LogP contribution in [0.3, 0.4) is 0 Å². The molecule has 0 radical (unpaired) electrons. The lowest BCUT2D eigenvalue weighted by Gasteiger charge is -1.89. The van der Waals surface area contributed by atoms with Crippen LogP contribution in [0.2, 0.25) is 0 Å². The van der Waals surface area contributed by atoms with Crippen LogP contribution in [-0.4, -0.2) is 13.1 Å². The summed E-state index contributed by atoms with van der Waals surface area (Å²) in [5.74, 6) is 5.28. The molecule has 0 aromatic heterocycles. The second-order valence-electron chi connectivity index (χ2n) is 2.42. The van der Waals surface area contributed by atoms with Gasteiger partial charge in [-0.1, -0.05) is 30.0 Å². The summed E-state index contributed by atoms with van der Waals surface area (Å²) in [6, 6.07) is 9.52. The van der Waals surface area contributed by atoms with Gasteiger partial charge in [0.15, 0.2) is 0 Å². The van der Waals surface area contributed by atoms with E-state index in [1.807, 2.05) is 30.3 Å². The third kappa shape index (κ3) is 3.44. The Kier molecular flexibility index (Phi) is 3.59. The van der Waals surface area contributed by atoms with Crippen molar-refractivity contribution in [3.05, 3.63) is 35.9 Å². The van der Waals surface area contributed by atoms with E-state index in [0.717, 1.165) is 5.56 Å². The Hall–Kier alpha value is -1.75. The van der Waals surface area contributed by atoms with Gasteiger partial charge in [0.25, 0.3) is 0 Å². The fourth-order valence-corrected chi connectivity index (χ4v) is 0.812. The van der Waals surface area contributed by atoms with Gasteiger partial charge >= 0.3 is 5.97 Å². The summed E-state index contributed by atoms with van der Waals surface area (Å²) in [7, 11) is 1.35. The maximum Gasteiger partial charge on any atom is 0.317 e. The first-order valence-electron chi connectivity index (χ1n) is 3.93. The molecule has 0 fully saturated rings. The van der Waals surface area contributed by atoms with Crippen LogP contribution in [0.5, 0.6) is 0 Å². The third-order valence-electron chi connectivity index (χ3n) is 1.47. The van der Waals surface area contributed by atoms with E-state index in [4.69, 9.17) is 0 Å². The van der Waals surface area contributed by atoms with Crippen molar-refractivity contribution in [2.24, 2.45) is 0 Å². The SMILES string of the molecule is COC(=O)CC#Cc1ccccc1. The maximum absolute atomic E-state index is 10.7. The largest absolute Gasteiger partial charge is 0.468 e. The van der Waals surface area contributed by atoms with Gasteiger partial charge in [0.05, 0.1) is 7.11 Å². The first-order chi connectivity index (χ1) is 6.33. The monoisotopic (exact) mass is 174 g/mol. The Morgan fingerprint density at radius 1 is 1.38 bits per heavy atom. The van der Waals surface area contributed by atoms with Crippen molar-refractivity contribution in [3.8, 4) is 11.8 Å². The van der Waals surface area contributed by atoms with E-state index in [9.17, 15) is 4.79 Å². The maximum atomic E-state index is 10.7. The highest BCUT2D eigenvalue weighted by atomic mass is 16.5. The van der Waals surface area contributed by atoms with E-state index in [-0.39, 0.29) is 12.4 Å². The number of carbonyl (C=O) groups excluding carboxylic acids is 1. The first-order valence-corrected chi connectivity index (χ1v) is 3.93. The molecule has 1 aromatic rings. The fourth-order valence-electron chi connectivity index (χ4n) is 0.812. The van der Waals surface area contributed by atoms with Gasteiger partial charge in [-0.2, -0.15) is 0 Å². The van der Waals surface area contributed by atoms with Crippen molar-refractivity contribution in [3.63, 3.8) is 0 Å². The molecule has 0 atom stereocenters. The topological polar surface area (TPSA) is 26.3 Å². The number of ether oxygens (including phenoxy) is 1. The minimum atomic E-state index is -0.302. The zero-order valence-corrected chi connectivity index (χ0v) is 7.41. The summed E-state index contributed by atoms with van der Waals surface area (Å²) in [6.07, 6.45) is 0.144. The number of methoxy groups -OCH3 is 1. The minimum Gasteiger partial charge on any atom is -0.468 e. The van der Waals surface area contributed by atoms with Gasteiger partial charge in [0, 0.05) is 5.56 Å². The Morgan fingerprint density at radius 2 is 2.08 bits per heavy atom. The zero-order chi connectivity index (χ0) is 9.52. The molecule has 1 rings (SSSR count). The Morgan fingerprint density at radius 3 is 2.69 bits per heavy atom. The highest BCUT2D eigenvalue weighted by molar-refractivity contribution is 5.72. The molecule has 0 bridgehead atoms. The quantitative estimate of drug-likeness (QED) is 0.477. The van der Waals surface area contributed by atoms with Gasteiger partial charge in [0.1, 0.15) is 6.42 Å². The number of hydrogen-bond donors (Lipinski definition) is 0. The Balaban J connectivity index is 2.54. The number of rotatable bonds is 1. The highest BCUT2D eigenvalue weighted by Crippen LogP contribution is 1.95. The zero-order valence-electron chi connectivity index (χ0n) is 7.41. The predicted molar refractivity (Wildman–Crippen MR) is 50.0 cm³/mol. The molecule has 0 aliphatic heterocycles. The summed E-state index contributed by atoms with van der Waals surface area (Å²) in [6.45, 7) is 0. The predicted octanol–water partition coefficient (Wildman–Crippen LogP) is 1.60. The van der Waals surface area contributed by atoms with Crippen molar-refractivity contribution >= 4 is 5.97 Å². The molecule has 2 heteroatoms. The van der Waals surface area contributed by atoms with Gasteiger partial charge < -0.3 is 4.74 Å². The van der Waals surface area contributed by atoms with Gasteiger partial charge in [-0.05, 0) is 12.1 Å². The first kappa shape index (κ1) is 9.34. The molecule has 0 saturated carbocycles. The lowest BCUT2D eigenvalue weighted by atomic mass is 10.2. The molecule has 2 nitrogen and oxygen atoms in total. The van der Waals surface area contributed by atoms with E-state index in [0.29, 0.717) is 0 Å². The molecule has 0 N–H and O–H groups in total. The van der Waals surface area contributed by atoms with Gasteiger partial charge in [0.2, 0.25) is 0 Å². The van der Waals surface area contributed by atoms with Crippen LogP contribution in [0.25, 0.3) is 0 Å². The Bertz CT molecular complexity index is 330. The van der Waals surface area contributed by atoms with Gasteiger partial charge in [-0.25, -0.2) is 0 Å². The third-order valence-corrected chi connectivity index (χ3v) is 1.47. The van der Waals surface area contributed by atoms with Crippen LogP contribution < -0.4 is 0 Å². The standard InChI is InChI=1S/C11H10O2/c1-13-11(12)9-5-8-10-6-3-2-4-7-10/h2-4,6-7H,9H2,1H3. The lowest BCUT2D eigenvalue weighted by Crippen LogP contribution is -1.96. The number of hydrogen-bond acceptors (Lipinski definition) is 2. The smallest absolute Gasteiger partial charge is 0.317 e. The van der Waals surface area contributed by atoms with Gasteiger partial charge in [-0.15, -0.1) is 0 Å². The molecular weight excluding hydrogens is 164 g/mol. The molecule has 13 heavy (non-hydrogen) atoms. The second kappa shape index (κ2) is 5.00. The van der Waals surface area contributed by atoms with Crippen molar-refractivity contribution in [1.82, 2.24) is 0 Å². The second-order valence-corrected chi connectivity index (χ2v) is 2.42. The molecule has 66 valence electrons. The average molecular weight is 174 g/mol.